The molecular weight excluding hydrogens is 655 g/mol. The zero-order chi connectivity index (χ0) is 35.5. The minimum absolute atomic E-state index is 0.113. The molecule has 1 heterocycles. The molecule has 4 aliphatic carbocycles. The summed E-state index contributed by atoms with van der Waals surface area (Å²) in [7, 11) is 1.41. The van der Waals surface area contributed by atoms with Crippen LogP contribution >= 0.6 is 0 Å². The molecule has 270 valence electrons. The Bertz CT molecular complexity index is 1540. The zero-order valence-corrected chi connectivity index (χ0v) is 28.5. The third-order valence-electron chi connectivity index (χ3n) is 10.7. The van der Waals surface area contributed by atoms with Gasteiger partial charge in [-0.05, 0) is 99.1 Å². The lowest BCUT2D eigenvalue weighted by Gasteiger charge is -2.56. The van der Waals surface area contributed by atoms with Crippen molar-refractivity contribution in [3.05, 3.63) is 59.2 Å². The number of urea groups is 1. The third-order valence-corrected chi connectivity index (χ3v) is 10.7. The van der Waals surface area contributed by atoms with Gasteiger partial charge in [-0.2, -0.15) is 18.4 Å². The molecule has 1 aliphatic heterocycles. The van der Waals surface area contributed by atoms with E-state index in [-0.39, 0.29) is 17.9 Å². The van der Waals surface area contributed by atoms with Crippen LogP contribution < -0.4 is 9.64 Å². The van der Waals surface area contributed by atoms with Crippen LogP contribution in [-0.2, 0) is 35.5 Å². The molecule has 0 radical (unpaired) electrons. The molecule has 0 aromatic heterocycles. The summed E-state index contributed by atoms with van der Waals surface area (Å²) in [5.74, 6) is 2.40. The highest BCUT2D eigenvalue weighted by Crippen LogP contribution is 2.57. The van der Waals surface area contributed by atoms with Gasteiger partial charge in [0.15, 0.2) is 0 Å². The number of ether oxygens (including phenoxy) is 5. The maximum atomic E-state index is 13.6. The van der Waals surface area contributed by atoms with E-state index in [2.05, 4.69) is 0 Å². The number of carbonyl (C=O) groups is 2. The lowest BCUT2D eigenvalue weighted by molar-refractivity contribution is -0.169. The topological polar surface area (TPSA) is 111 Å². The van der Waals surface area contributed by atoms with Gasteiger partial charge in [-0.25, -0.2) is 9.69 Å². The monoisotopic (exact) mass is 699 g/mol. The molecule has 50 heavy (non-hydrogen) atoms. The second-order valence-corrected chi connectivity index (χ2v) is 14.1. The van der Waals surface area contributed by atoms with Crippen molar-refractivity contribution in [2.24, 2.45) is 17.8 Å². The molecule has 2 aromatic rings. The van der Waals surface area contributed by atoms with Crippen LogP contribution in [0.4, 0.5) is 23.7 Å². The van der Waals surface area contributed by atoms with Gasteiger partial charge in [-0.3, -0.25) is 4.79 Å². The van der Waals surface area contributed by atoms with E-state index in [9.17, 15) is 22.8 Å². The second-order valence-electron chi connectivity index (χ2n) is 14.1. The minimum Gasteiger partial charge on any atom is -0.491 e. The van der Waals surface area contributed by atoms with Crippen LogP contribution in [0.2, 0.25) is 0 Å². The lowest BCUT2D eigenvalue weighted by Crippen LogP contribution is -2.52. The standard InChI is InChI=1S/C37H44F3N3O7/c1-35(33(44)43(34(45)42(35)2)30-6-3-28(24-41)32(20-30)37(38,39)40)29-4-7-31(8-5-29)49-15-13-47-11-9-46-10-12-48-14-16-50-36-21-25-17-26(22-36)19-27(18-25)23-36/h3-8,20,25-27H,9-19,21-23H2,1-2H3. The van der Waals surface area contributed by atoms with Gasteiger partial charge in [0.05, 0.1) is 74.7 Å². The Hall–Kier alpha value is -3.70. The van der Waals surface area contributed by atoms with Crippen molar-refractivity contribution in [1.82, 2.24) is 4.90 Å². The van der Waals surface area contributed by atoms with E-state index in [1.165, 1.54) is 63.5 Å². The van der Waals surface area contributed by atoms with E-state index < -0.39 is 34.8 Å². The fraction of sp³-hybridized carbons (Fsp3) is 0.595. The van der Waals surface area contributed by atoms with E-state index in [0.717, 1.165) is 29.9 Å². The van der Waals surface area contributed by atoms with E-state index in [4.69, 9.17) is 28.9 Å². The van der Waals surface area contributed by atoms with Crippen LogP contribution in [0.15, 0.2) is 42.5 Å². The average Bonchev–Trinajstić information content (AvgIpc) is 3.25. The molecule has 13 heteroatoms. The van der Waals surface area contributed by atoms with Gasteiger partial charge in [-0.15, -0.1) is 0 Å². The molecule has 3 amide bonds. The predicted octanol–water partition coefficient (Wildman–Crippen LogP) is 6.30. The summed E-state index contributed by atoms with van der Waals surface area (Å²) < 4.78 is 69.7. The van der Waals surface area contributed by atoms with Crippen LogP contribution in [0.25, 0.3) is 0 Å². The highest BCUT2D eigenvalue weighted by molar-refractivity contribution is 6.23. The van der Waals surface area contributed by atoms with Gasteiger partial charge in [0.25, 0.3) is 5.91 Å². The number of nitriles is 1. The summed E-state index contributed by atoms with van der Waals surface area (Å²) in [6.45, 7) is 5.15. The Morgan fingerprint density at radius 2 is 1.36 bits per heavy atom. The molecule has 4 saturated carbocycles. The molecule has 2 aromatic carbocycles. The SMILES string of the molecule is CN1C(=O)N(c2ccc(C#N)c(C(F)(F)F)c2)C(=O)C1(C)c1ccc(OCCOCCOCCOCCOC23CC4CC(CC(C4)C2)C3)cc1. The van der Waals surface area contributed by atoms with Crippen molar-refractivity contribution in [2.75, 3.05) is 64.8 Å². The summed E-state index contributed by atoms with van der Waals surface area (Å²) in [5, 5.41) is 9.10. The smallest absolute Gasteiger partial charge is 0.417 e. The lowest BCUT2D eigenvalue weighted by atomic mass is 9.54. The molecule has 0 N–H and O–H groups in total. The number of imide groups is 1. The van der Waals surface area contributed by atoms with Crippen molar-refractivity contribution < 1.29 is 46.4 Å². The Labute approximate surface area is 290 Å². The fourth-order valence-electron chi connectivity index (χ4n) is 8.50. The number of hydrogen-bond acceptors (Lipinski definition) is 8. The summed E-state index contributed by atoms with van der Waals surface area (Å²) in [4.78, 5) is 28.6. The van der Waals surface area contributed by atoms with Crippen molar-refractivity contribution >= 4 is 17.6 Å². The van der Waals surface area contributed by atoms with Crippen molar-refractivity contribution in [3.8, 4) is 11.8 Å². The summed E-state index contributed by atoms with van der Waals surface area (Å²) in [5.41, 5.74) is -3.02. The zero-order valence-electron chi connectivity index (χ0n) is 28.5. The summed E-state index contributed by atoms with van der Waals surface area (Å²) in [6, 6.07) is 10.0. The Morgan fingerprint density at radius 1 is 0.820 bits per heavy atom. The van der Waals surface area contributed by atoms with Gasteiger partial charge in [-0.1, -0.05) is 12.1 Å². The number of benzene rings is 2. The second kappa shape index (κ2) is 14.9. The molecule has 7 rings (SSSR count). The van der Waals surface area contributed by atoms with Gasteiger partial charge < -0.3 is 28.6 Å². The van der Waals surface area contributed by atoms with Gasteiger partial charge in [0.1, 0.15) is 17.9 Å². The summed E-state index contributed by atoms with van der Waals surface area (Å²) >= 11 is 0. The number of halogens is 3. The first-order valence-corrected chi connectivity index (χ1v) is 17.3. The van der Waals surface area contributed by atoms with Gasteiger partial charge in [0, 0.05) is 7.05 Å². The molecule has 0 spiro atoms. The molecule has 5 aliphatic rings. The number of nitrogens with zero attached hydrogens (tertiary/aromatic N) is 3. The molecule has 1 atom stereocenters. The van der Waals surface area contributed by atoms with Crippen LogP contribution in [0.1, 0.15) is 62.1 Å². The minimum atomic E-state index is -4.84. The van der Waals surface area contributed by atoms with E-state index >= 15 is 0 Å². The van der Waals surface area contributed by atoms with Crippen molar-refractivity contribution in [1.29, 1.82) is 5.26 Å². The van der Waals surface area contributed by atoms with Crippen molar-refractivity contribution in [3.63, 3.8) is 0 Å². The van der Waals surface area contributed by atoms with Crippen LogP contribution in [0, 0.1) is 29.1 Å². The third kappa shape index (κ3) is 7.49. The van der Waals surface area contributed by atoms with Crippen molar-refractivity contribution in [2.45, 2.75) is 62.8 Å². The highest BCUT2D eigenvalue weighted by atomic mass is 19.4. The molecule has 1 unspecified atom stereocenters. The predicted molar refractivity (Wildman–Crippen MR) is 175 cm³/mol. The number of hydrogen-bond donors (Lipinski definition) is 0. The molecule has 4 bridgehead atoms. The number of alkyl halides is 3. The van der Waals surface area contributed by atoms with Gasteiger partial charge in [0.2, 0.25) is 0 Å². The largest absolute Gasteiger partial charge is 0.491 e. The maximum Gasteiger partial charge on any atom is 0.417 e. The average molecular weight is 700 g/mol. The number of likely N-dealkylation sites (N-methyl/N-ethyl adjacent to an activating group) is 1. The Balaban J connectivity index is 0.867. The summed E-state index contributed by atoms with van der Waals surface area (Å²) in [6.07, 6.45) is 3.06. The molecule has 1 saturated heterocycles. The number of amides is 3. The van der Waals surface area contributed by atoms with E-state index in [1.807, 2.05) is 0 Å². The quantitative estimate of drug-likeness (QED) is 0.148. The first-order chi connectivity index (χ1) is 23.9. The molecular formula is C37H44F3N3O7. The normalized spacial score (nSPS) is 27.3. The first kappa shape index (κ1) is 36.1. The highest BCUT2D eigenvalue weighted by Gasteiger charge is 2.55. The molecule has 5 fully saturated rings. The van der Waals surface area contributed by atoms with E-state index in [0.29, 0.717) is 68.5 Å². The van der Waals surface area contributed by atoms with Gasteiger partial charge >= 0.3 is 12.2 Å². The maximum absolute atomic E-state index is 13.6. The number of rotatable bonds is 16. The first-order valence-electron chi connectivity index (χ1n) is 17.3. The Morgan fingerprint density at radius 3 is 1.90 bits per heavy atom. The van der Waals surface area contributed by atoms with Crippen LogP contribution in [0.3, 0.4) is 0 Å². The fourth-order valence-corrected chi connectivity index (χ4v) is 8.50. The van der Waals surface area contributed by atoms with Crippen LogP contribution in [0.5, 0.6) is 5.75 Å². The molecule has 10 nitrogen and oxygen atoms in total. The van der Waals surface area contributed by atoms with E-state index in [1.54, 1.807) is 24.3 Å². The number of carbonyl (C=O) groups excluding carboxylic acids is 2. The number of anilines is 1. The van der Waals surface area contributed by atoms with Crippen LogP contribution in [-0.4, -0.2) is 82.3 Å². The Kier molecular flexibility index (Phi) is 10.7.